The highest BCUT2D eigenvalue weighted by Gasteiger charge is 2.51. The number of ether oxygens (including phenoxy) is 1. The number of carboxylic acid groups (broad SMARTS) is 1. The zero-order valence-corrected chi connectivity index (χ0v) is 17.6. The van der Waals surface area contributed by atoms with Crippen molar-refractivity contribution in [3.63, 3.8) is 0 Å². The van der Waals surface area contributed by atoms with Crippen molar-refractivity contribution in [1.29, 1.82) is 0 Å². The number of carbonyl (C=O) groups excluding carboxylic acids is 2. The van der Waals surface area contributed by atoms with Gasteiger partial charge in [0.2, 0.25) is 5.91 Å². The Bertz CT molecular complexity index is 873. The molecular formula is C22H27NO5S. The van der Waals surface area contributed by atoms with Crippen molar-refractivity contribution >= 4 is 34.2 Å². The highest BCUT2D eigenvalue weighted by atomic mass is 32.1. The molecule has 0 aromatic carbocycles. The predicted octanol–water partition coefficient (Wildman–Crippen LogP) is 3.90. The van der Waals surface area contributed by atoms with Crippen molar-refractivity contribution in [3.05, 3.63) is 28.2 Å². The molecule has 0 aliphatic heterocycles. The van der Waals surface area contributed by atoms with E-state index in [4.69, 9.17) is 4.74 Å². The van der Waals surface area contributed by atoms with Gasteiger partial charge in [-0.2, -0.15) is 0 Å². The van der Waals surface area contributed by atoms with E-state index in [-0.39, 0.29) is 24.3 Å². The third-order valence-corrected chi connectivity index (χ3v) is 7.88. The molecule has 3 aliphatic rings. The van der Waals surface area contributed by atoms with Gasteiger partial charge in [-0.1, -0.05) is 25.5 Å². The number of rotatable bonds is 6. The molecule has 0 unspecified atom stereocenters. The number of aliphatic carboxylic acids is 1. The number of hydrogen-bond donors (Lipinski definition) is 2. The largest absolute Gasteiger partial charge is 0.481 e. The Hall–Kier alpha value is -2.15. The molecule has 1 amide bonds. The minimum atomic E-state index is -0.927. The number of anilines is 1. The summed E-state index contributed by atoms with van der Waals surface area (Å²) in [7, 11) is 0. The van der Waals surface area contributed by atoms with Gasteiger partial charge in [-0.3, -0.25) is 9.59 Å². The van der Waals surface area contributed by atoms with Crippen LogP contribution in [0.15, 0.2) is 12.2 Å². The van der Waals surface area contributed by atoms with Gasteiger partial charge in [-0.05, 0) is 55.9 Å². The normalized spacial score (nSPS) is 29.5. The van der Waals surface area contributed by atoms with E-state index in [1.807, 2.05) is 12.2 Å². The monoisotopic (exact) mass is 417 g/mol. The third-order valence-electron chi connectivity index (χ3n) is 6.71. The number of hydrogen-bond acceptors (Lipinski definition) is 5. The maximum atomic E-state index is 13.1. The van der Waals surface area contributed by atoms with Gasteiger partial charge in [0.15, 0.2) is 0 Å². The maximum Gasteiger partial charge on any atom is 0.341 e. The van der Waals surface area contributed by atoms with Crippen molar-refractivity contribution in [1.82, 2.24) is 0 Å². The molecule has 1 heterocycles. The Morgan fingerprint density at radius 2 is 1.93 bits per heavy atom. The SMILES string of the molecule is CCOC(=O)c1c(NC(=O)[C@H]2[C@H](C(=O)O)[C@H]3C=C[C@H]2C3)sc2c1CC[C@@H](CC)C2. The van der Waals surface area contributed by atoms with Gasteiger partial charge in [-0.25, -0.2) is 4.79 Å². The molecule has 1 aromatic rings. The lowest BCUT2D eigenvalue weighted by Gasteiger charge is -2.23. The van der Waals surface area contributed by atoms with Gasteiger partial charge in [-0.15, -0.1) is 11.3 Å². The Kier molecular flexibility index (Phi) is 5.51. The number of fused-ring (bicyclic) bond motifs is 3. The predicted molar refractivity (Wildman–Crippen MR) is 110 cm³/mol. The molecule has 0 radical (unpaired) electrons. The van der Waals surface area contributed by atoms with E-state index < -0.39 is 23.8 Å². The lowest BCUT2D eigenvalue weighted by molar-refractivity contribution is -0.146. The van der Waals surface area contributed by atoms with Gasteiger partial charge < -0.3 is 15.2 Å². The summed E-state index contributed by atoms with van der Waals surface area (Å²) < 4.78 is 5.27. The van der Waals surface area contributed by atoms with E-state index in [0.29, 0.717) is 22.9 Å². The molecule has 2 N–H and O–H groups in total. The summed E-state index contributed by atoms with van der Waals surface area (Å²) >= 11 is 1.45. The second-order valence-electron chi connectivity index (χ2n) is 8.27. The van der Waals surface area contributed by atoms with Crippen LogP contribution in [0.3, 0.4) is 0 Å². The van der Waals surface area contributed by atoms with Gasteiger partial charge in [0.25, 0.3) is 0 Å². The first-order valence-corrected chi connectivity index (χ1v) is 11.3. The van der Waals surface area contributed by atoms with Crippen LogP contribution in [-0.4, -0.2) is 29.6 Å². The fourth-order valence-electron chi connectivity index (χ4n) is 5.22. The Labute approximate surface area is 174 Å². The summed E-state index contributed by atoms with van der Waals surface area (Å²) in [4.78, 5) is 38.7. The zero-order valence-electron chi connectivity index (χ0n) is 16.8. The summed E-state index contributed by atoms with van der Waals surface area (Å²) in [5.41, 5.74) is 1.47. The van der Waals surface area contributed by atoms with Crippen LogP contribution in [0.1, 0.15) is 53.9 Å². The number of carbonyl (C=O) groups is 3. The Morgan fingerprint density at radius 1 is 1.21 bits per heavy atom. The van der Waals surface area contributed by atoms with Crippen LogP contribution in [-0.2, 0) is 27.2 Å². The molecular weight excluding hydrogens is 390 g/mol. The zero-order chi connectivity index (χ0) is 20.7. The molecule has 0 spiro atoms. The van der Waals surface area contributed by atoms with E-state index >= 15 is 0 Å². The lowest BCUT2D eigenvalue weighted by atomic mass is 9.82. The average molecular weight is 418 g/mol. The highest BCUT2D eigenvalue weighted by Crippen LogP contribution is 2.49. The summed E-state index contributed by atoms with van der Waals surface area (Å²) in [6.07, 6.45) is 8.43. The van der Waals surface area contributed by atoms with Gasteiger partial charge in [0.1, 0.15) is 5.00 Å². The molecule has 4 rings (SSSR count). The number of amides is 1. The van der Waals surface area contributed by atoms with Crippen LogP contribution < -0.4 is 5.32 Å². The smallest absolute Gasteiger partial charge is 0.341 e. The second-order valence-corrected chi connectivity index (χ2v) is 9.38. The Balaban J connectivity index is 1.63. The van der Waals surface area contributed by atoms with E-state index in [0.717, 1.165) is 36.1 Å². The van der Waals surface area contributed by atoms with E-state index in [2.05, 4.69) is 12.2 Å². The van der Waals surface area contributed by atoms with Crippen molar-refractivity contribution in [2.45, 2.75) is 46.0 Å². The second kappa shape index (κ2) is 7.94. The number of thiophene rings is 1. The first-order valence-electron chi connectivity index (χ1n) is 10.5. The van der Waals surface area contributed by atoms with Crippen LogP contribution in [0.5, 0.6) is 0 Å². The van der Waals surface area contributed by atoms with Crippen molar-refractivity contribution in [2.24, 2.45) is 29.6 Å². The Morgan fingerprint density at radius 3 is 2.59 bits per heavy atom. The minimum absolute atomic E-state index is 0.0498. The minimum Gasteiger partial charge on any atom is -0.481 e. The summed E-state index contributed by atoms with van der Waals surface area (Å²) in [5, 5.41) is 13.1. The molecule has 1 aromatic heterocycles. The van der Waals surface area contributed by atoms with Gasteiger partial charge in [0.05, 0.1) is 24.0 Å². The third kappa shape index (κ3) is 3.50. The fourth-order valence-corrected chi connectivity index (χ4v) is 6.57. The molecule has 2 bridgehead atoms. The summed E-state index contributed by atoms with van der Waals surface area (Å²) in [6.45, 7) is 4.21. The van der Waals surface area contributed by atoms with E-state index in [9.17, 15) is 19.5 Å². The molecule has 29 heavy (non-hydrogen) atoms. The quantitative estimate of drug-likeness (QED) is 0.541. The first kappa shape index (κ1) is 20.1. The number of nitrogens with one attached hydrogen (secondary N) is 1. The highest BCUT2D eigenvalue weighted by molar-refractivity contribution is 7.17. The van der Waals surface area contributed by atoms with E-state index in [1.54, 1.807) is 6.92 Å². The molecule has 7 heteroatoms. The van der Waals surface area contributed by atoms with Crippen LogP contribution in [0.25, 0.3) is 0 Å². The average Bonchev–Trinajstić information content (AvgIpc) is 3.39. The molecule has 1 saturated carbocycles. The number of allylic oxidation sites excluding steroid dienone is 2. The standard InChI is InChI=1S/C22H27NO5S/c1-3-11-5-8-14-15(9-11)29-20(18(14)22(27)28-4-2)23-19(24)16-12-6-7-13(10-12)17(16)21(25)26/h6-7,11-13,16-17H,3-5,8-10H2,1-2H3,(H,23,24)(H,25,26)/t11-,12+,13+,16-,17-/m1/s1. The van der Waals surface area contributed by atoms with Gasteiger partial charge in [0, 0.05) is 4.88 Å². The molecule has 5 atom stereocenters. The molecule has 3 aliphatic carbocycles. The fraction of sp³-hybridized carbons (Fsp3) is 0.591. The number of esters is 1. The molecule has 156 valence electrons. The topological polar surface area (TPSA) is 92.7 Å². The lowest BCUT2D eigenvalue weighted by Crippen LogP contribution is -2.36. The first-order chi connectivity index (χ1) is 13.9. The van der Waals surface area contributed by atoms with Crippen molar-refractivity contribution < 1.29 is 24.2 Å². The summed E-state index contributed by atoms with van der Waals surface area (Å²) in [5.74, 6) is -2.47. The summed E-state index contributed by atoms with van der Waals surface area (Å²) in [6, 6.07) is 0. The van der Waals surface area contributed by atoms with Crippen molar-refractivity contribution in [3.8, 4) is 0 Å². The van der Waals surface area contributed by atoms with Crippen LogP contribution >= 0.6 is 11.3 Å². The van der Waals surface area contributed by atoms with E-state index in [1.165, 1.54) is 11.3 Å². The molecule has 6 nitrogen and oxygen atoms in total. The van der Waals surface area contributed by atoms with Crippen LogP contribution in [0.2, 0.25) is 0 Å². The van der Waals surface area contributed by atoms with Gasteiger partial charge >= 0.3 is 11.9 Å². The maximum absolute atomic E-state index is 13.1. The van der Waals surface area contributed by atoms with Crippen LogP contribution in [0, 0.1) is 29.6 Å². The number of carboxylic acids is 1. The van der Waals surface area contributed by atoms with Crippen LogP contribution in [0.4, 0.5) is 5.00 Å². The molecule has 1 fully saturated rings. The van der Waals surface area contributed by atoms with Crippen molar-refractivity contribution in [2.75, 3.05) is 11.9 Å². The molecule has 0 saturated heterocycles.